The van der Waals surface area contributed by atoms with Crippen molar-refractivity contribution in [2.24, 2.45) is 0 Å². The number of nitrogens with one attached hydrogen (secondary N) is 1. The van der Waals surface area contributed by atoms with Gasteiger partial charge in [0.1, 0.15) is 19.2 Å². The SMILES string of the molecule is CC(C)c1ccc([C@@H](C)NC(=O)Cn2cncn2)cc1. The van der Waals surface area contributed by atoms with Crippen LogP contribution < -0.4 is 5.32 Å². The lowest BCUT2D eigenvalue weighted by Crippen LogP contribution is -2.30. The standard InChI is InChI=1S/C15H20N4O/c1-11(2)13-4-6-14(7-5-13)12(3)18-15(20)8-19-10-16-9-17-19/h4-7,9-12H,8H2,1-3H3,(H,18,20)/t12-/m1/s1. The first-order valence-electron chi connectivity index (χ1n) is 6.78. The van der Waals surface area contributed by atoms with Crippen LogP contribution in [0.3, 0.4) is 0 Å². The zero-order chi connectivity index (χ0) is 14.5. The van der Waals surface area contributed by atoms with Crippen LogP contribution >= 0.6 is 0 Å². The van der Waals surface area contributed by atoms with Crippen LogP contribution in [-0.2, 0) is 11.3 Å². The molecule has 0 aliphatic rings. The zero-order valence-electron chi connectivity index (χ0n) is 12.1. The van der Waals surface area contributed by atoms with Crippen LogP contribution in [0.4, 0.5) is 0 Å². The lowest BCUT2D eigenvalue weighted by atomic mass is 9.99. The molecule has 1 amide bonds. The average Bonchev–Trinajstić information content (AvgIpc) is 2.91. The molecule has 2 rings (SSSR count). The van der Waals surface area contributed by atoms with Crippen molar-refractivity contribution in [2.75, 3.05) is 0 Å². The molecule has 1 heterocycles. The molecule has 1 atom stereocenters. The van der Waals surface area contributed by atoms with Gasteiger partial charge in [-0.1, -0.05) is 38.1 Å². The molecule has 5 heteroatoms. The largest absolute Gasteiger partial charge is 0.348 e. The second kappa shape index (κ2) is 6.32. The molecule has 0 saturated heterocycles. The Balaban J connectivity index is 1.93. The van der Waals surface area contributed by atoms with Gasteiger partial charge in [-0.15, -0.1) is 0 Å². The highest BCUT2D eigenvalue weighted by Gasteiger charge is 2.10. The van der Waals surface area contributed by atoms with E-state index in [1.807, 2.05) is 6.92 Å². The third kappa shape index (κ3) is 3.66. The molecule has 0 unspecified atom stereocenters. The molecule has 1 N–H and O–H groups in total. The molecule has 1 aromatic heterocycles. The van der Waals surface area contributed by atoms with E-state index in [0.717, 1.165) is 5.56 Å². The van der Waals surface area contributed by atoms with Crippen molar-refractivity contribution >= 4 is 5.91 Å². The first kappa shape index (κ1) is 14.2. The molecule has 0 spiro atoms. The van der Waals surface area contributed by atoms with Crippen molar-refractivity contribution in [1.82, 2.24) is 20.1 Å². The number of hydrogen-bond donors (Lipinski definition) is 1. The van der Waals surface area contributed by atoms with E-state index >= 15 is 0 Å². The number of rotatable bonds is 5. The monoisotopic (exact) mass is 272 g/mol. The molecule has 1 aromatic carbocycles. The molecule has 0 aliphatic carbocycles. The Morgan fingerprint density at radius 3 is 2.40 bits per heavy atom. The van der Waals surface area contributed by atoms with Crippen LogP contribution in [0.25, 0.3) is 0 Å². The summed E-state index contributed by atoms with van der Waals surface area (Å²) in [5.74, 6) is 0.442. The summed E-state index contributed by atoms with van der Waals surface area (Å²) in [5.41, 5.74) is 2.40. The summed E-state index contributed by atoms with van der Waals surface area (Å²) in [4.78, 5) is 15.7. The predicted molar refractivity (Wildman–Crippen MR) is 77.1 cm³/mol. The maximum absolute atomic E-state index is 11.9. The smallest absolute Gasteiger partial charge is 0.242 e. The number of carbonyl (C=O) groups excluding carboxylic acids is 1. The molecule has 0 radical (unpaired) electrons. The van der Waals surface area contributed by atoms with E-state index in [0.29, 0.717) is 5.92 Å². The number of carbonyl (C=O) groups is 1. The van der Waals surface area contributed by atoms with E-state index in [-0.39, 0.29) is 18.5 Å². The molecular weight excluding hydrogens is 252 g/mol. The Kier molecular flexibility index (Phi) is 4.50. The van der Waals surface area contributed by atoms with E-state index in [1.165, 1.54) is 22.9 Å². The van der Waals surface area contributed by atoms with E-state index in [1.54, 1.807) is 0 Å². The molecular formula is C15H20N4O. The van der Waals surface area contributed by atoms with Gasteiger partial charge >= 0.3 is 0 Å². The lowest BCUT2D eigenvalue weighted by molar-refractivity contribution is -0.122. The molecule has 0 saturated carbocycles. The maximum Gasteiger partial charge on any atom is 0.242 e. The first-order chi connectivity index (χ1) is 9.56. The van der Waals surface area contributed by atoms with Gasteiger partial charge < -0.3 is 5.32 Å². The Morgan fingerprint density at radius 2 is 1.85 bits per heavy atom. The highest BCUT2D eigenvalue weighted by molar-refractivity contribution is 5.76. The van der Waals surface area contributed by atoms with Gasteiger partial charge in [0.25, 0.3) is 0 Å². The number of hydrogen-bond acceptors (Lipinski definition) is 3. The zero-order valence-corrected chi connectivity index (χ0v) is 12.1. The fraction of sp³-hybridized carbons (Fsp3) is 0.400. The van der Waals surface area contributed by atoms with Crippen LogP contribution in [0, 0.1) is 0 Å². The van der Waals surface area contributed by atoms with E-state index in [2.05, 4.69) is 53.5 Å². The molecule has 5 nitrogen and oxygen atoms in total. The van der Waals surface area contributed by atoms with E-state index < -0.39 is 0 Å². The van der Waals surface area contributed by atoms with Crippen molar-refractivity contribution < 1.29 is 4.79 Å². The minimum absolute atomic E-state index is 0.0211. The second-order valence-electron chi connectivity index (χ2n) is 5.20. The van der Waals surface area contributed by atoms with Gasteiger partial charge in [-0.3, -0.25) is 4.79 Å². The van der Waals surface area contributed by atoms with Crippen LogP contribution in [0.15, 0.2) is 36.9 Å². The lowest BCUT2D eigenvalue weighted by Gasteiger charge is -2.15. The molecule has 0 bridgehead atoms. The minimum atomic E-state index is -0.0732. The number of aromatic nitrogens is 3. The number of benzene rings is 1. The highest BCUT2D eigenvalue weighted by atomic mass is 16.2. The van der Waals surface area contributed by atoms with Crippen molar-refractivity contribution in [3.8, 4) is 0 Å². The van der Waals surface area contributed by atoms with E-state index in [4.69, 9.17) is 0 Å². The summed E-state index contributed by atoms with van der Waals surface area (Å²) >= 11 is 0. The number of nitrogens with zero attached hydrogens (tertiary/aromatic N) is 3. The summed E-state index contributed by atoms with van der Waals surface area (Å²) in [6, 6.07) is 8.33. The van der Waals surface area contributed by atoms with Gasteiger partial charge in [-0.25, -0.2) is 9.67 Å². The molecule has 0 fully saturated rings. The van der Waals surface area contributed by atoms with Crippen LogP contribution in [0.1, 0.15) is 43.9 Å². The summed E-state index contributed by atoms with van der Waals surface area (Å²) in [6.07, 6.45) is 2.95. The quantitative estimate of drug-likeness (QED) is 0.908. The van der Waals surface area contributed by atoms with Crippen LogP contribution in [0.2, 0.25) is 0 Å². The Hall–Kier alpha value is -2.17. The molecule has 0 aliphatic heterocycles. The van der Waals surface area contributed by atoms with Crippen molar-refractivity contribution in [3.05, 3.63) is 48.0 Å². The summed E-state index contributed by atoms with van der Waals surface area (Å²) in [7, 11) is 0. The van der Waals surface area contributed by atoms with Crippen molar-refractivity contribution in [1.29, 1.82) is 0 Å². The van der Waals surface area contributed by atoms with Gasteiger partial charge in [-0.05, 0) is 24.0 Å². The van der Waals surface area contributed by atoms with Gasteiger partial charge in [-0.2, -0.15) is 5.10 Å². The number of amides is 1. The van der Waals surface area contributed by atoms with Crippen molar-refractivity contribution in [3.63, 3.8) is 0 Å². The van der Waals surface area contributed by atoms with Crippen molar-refractivity contribution in [2.45, 2.75) is 39.3 Å². The summed E-state index contributed by atoms with van der Waals surface area (Å²) in [5, 5.41) is 6.87. The first-order valence-corrected chi connectivity index (χ1v) is 6.78. The average molecular weight is 272 g/mol. The van der Waals surface area contributed by atoms with Crippen LogP contribution in [0.5, 0.6) is 0 Å². The van der Waals surface area contributed by atoms with Gasteiger partial charge in [0.05, 0.1) is 6.04 Å². The predicted octanol–water partition coefficient (Wildman–Crippen LogP) is 2.28. The van der Waals surface area contributed by atoms with Crippen LogP contribution in [-0.4, -0.2) is 20.7 Å². The fourth-order valence-electron chi connectivity index (χ4n) is 2.00. The highest BCUT2D eigenvalue weighted by Crippen LogP contribution is 2.18. The Bertz CT molecular complexity index is 546. The van der Waals surface area contributed by atoms with Gasteiger partial charge in [0.15, 0.2) is 0 Å². The Labute approximate surface area is 119 Å². The fourth-order valence-corrected chi connectivity index (χ4v) is 2.00. The molecule has 20 heavy (non-hydrogen) atoms. The second-order valence-corrected chi connectivity index (χ2v) is 5.20. The topological polar surface area (TPSA) is 59.8 Å². The summed E-state index contributed by atoms with van der Waals surface area (Å²) in [6.45, 7) is 6.49. The molecule has 106 valence electrons. The normalized spacial score (nSPS) is 12.4. The van der Waals surface area contributed by atoms with E-state index in [9.17, 15) is 4.79 Å². The third-order valence-corrected chi connectivity index (χ3v) is 3.25. The third-order valence-electron chi connectivity index (χ3n) is 3.25. The Morgan fingerprint density at radius 1 is 1.20 bits per heavy atom. The van der Waals surface area contributed by atoms with Gasteiger partial charge in [0.2, 0.25) is 5.91 Å². The minimum Gasteiger partial charge on any atom is -0.348 e. The summed E-state index contributed by atoms with van der Waals surface area (Å²) < 4.78 is 1.50. The van der Waals surface area contributed by atoms with Gasteiger partial charge in [0, 0.05) is 0 Å². The maximum atomic E-state index is 11.9. The molecule has 2 aromatic rings.